The van der Waals surface area contributed by atoms with Gasteiger partial charge in [0.05, 0.1) is 19.8 Å². The quantitative estimate of drug-likeness (QED) is 0.813. The molecule has 0 spiro atoms. The van der Waals surface area contributed by atoms with E-state index in [4.69, 9.17) is 9.47 Å². The molecule has 6 heteroatoms. The molecule has 0 N–H and O–H groups in total. The van der Waals surface area contributed by atoms with Gasteiger partial charge in [0.25, 0.3) is 5.91 Å². The Kier molecular flexibility index (Phi) is 6.24. The number of carbonyl (C=O) groups excluding carboxylic acids is 2. The maximum absolute atomic E-state index is 13.1. The van der Waals surface area contributed by atoms with Crippen LogP contribution in [0.4, 0.5) is 0 Å². The van der Waals surface area contributed by atoms with Crippen LogP contribution in [0.3, 0.4) is 0 Å². The number of methoxy groups -OCH3 is 2. The molecule has 0 aromatic heterocycles. The first-order valence-corrected chi connectivity index (χ1v) is 9.86. The SMILES string of the molecule is COc1ccc(C(=O)N2CCCN(C(=O)C3CCCC3)CC2)c(OC)c1C. The average Bonchev–Trinajstić information content (AvgIpc) is 3.11. The summed E-state index contributed by atoms with van der Waals surface area (Å²) in [5, 5.41) is 0. The minimum atomic E-state index is -0.0484. The summed E-state index contributed by atoms with van der Waals surface area (Å²) in [5.74, 6) is 1.68. The molecule has 2 amide bonds. The lowest BCUT2D eigenvalue weighted by Gasteiger charge is -2.25. The monoisotopic (exact) mass is 374 g/mol. The molecule has 1 heterocycles. The number of carbonyl (C=O) groups is 2. The van der Waals surface area contributed by atoms with E-state index in [1.54, 1.807) is 26.4 Å². The van der Waals surface area contributed by atoms with Gasteiger partial charge in [-0.2, -0.15) is 0 Å². The molecule has 0 atom stereocenters. The van der Waals surface area contributed by atoms with Gasteiger partial charge in [-0.05, 0) is 38.3 Å². The van der Waals surface area contributed by atoms with Crippen molar-refractivity contribution in [3.05, 3.63) is 23.3 Å². The number of amides is 2. The second kappa shape index (κ2) is 8.63. The van der Waals surface area contributed by atoms with E-state index in [2.05, 4.69) is 0 Å². The highest BCUT2D eigenvalue weighted by Crippen LogP contribution is 2.32. The molecule has 0 radical (unpaired) electrons. The number of ether oxygens (including phenoxy) is 2. The van der Waals surface area contributed by atoms with Gasteiger partial charge in [0.1, 0.15) is 11.5 Å². The van der Waals surface area contributed by atoms with Gasteiger partial charge < -0.3 is 19.3 Å². The second-order valence-electron chi connectivity index (χ2n) is 7.43. The first kappa shape index (κ1) is 19.5. The van der Waals surface area contributed by atoms with Gasteiger partial charge in [-0.1, -0.05) is 12.8 Å². The molecule has 1 saturated carbocycles. The molecule has 1 aromatic rings. The molecule has 0 unspecified atom stereocenters. The Labute approximate surface area is 161 Å². The van der Waals surface area contributed by atoms with E-state index < -0.39 is 0 Å². The van der Waals surface area contributed by atoms with Crippen molar-refractivity contribution in [1.29, 1.82) is 0 Å². The highest BCUT2D eigenvalue weighted by atomic mass is 16.5. The van der Waals surface area contributed by atoms with Crippen LogP contribution in [0, 0.1) is 12.8 Å². The fraction of sp³-hybridized carbons (Fsp3) is 0.619. The summed E-state index contributed by atoms with van der Waals surface area (Å²) >= 11 is 0. The van der Waals surface area contributed by atoms with Crippen molar-refractivity contribution in [2.24, 2.45) is 5.92 Å². The van der Waals surface area contributed by atoms with Crippen LogP contribution in [-0.2, 0) is 4.79 Å². The van der Waals surface area contributed by atoms with Gasteiger partial charge in [-0.3, -0.25) is 9.59 Å². The van der Waals surface area contributed by atoms with E-state index in [0.717, 1.165) is 44.2 Å². The Morgan fingerprint density at radius 1 is 0.926 bits per heavy atom. The second-order valence-corrected chi connectivity index (χ2v) is 7.43. The third-order valence-corrected chi connectivity index (χ3v) is 5.81. The molecule has 1 aliphatic carbocycles. The average molecular weight is 374 g/mol. The summed E-state index contributed by atoms with van der Waals surface area (Å²) in [5.41, 5.74) is 1.37. The van der Waals surface area contributed by atoms with E-state index >= 15 is 0 Å². The zero-order valence-corrected chi connectivity index (χ0v) is 16.6. The van der Waals surface area contributed by atoms with Crippen molar-refractivity contribution in [1.82, 2.24) is 9.80 Å². The summed E-state index contributed by atoms with van der Waals surface area (Å²) in [6.45, 7) is 4.45. The summed E-state index contributed by atoms with van der Waals surface area (Å²) in [6, 6.07) is 3.57. The number of rotatable bonds is 4. The van der Waals surface area contributed by atoms with Gasteiger partial charge in [0, 0.05) is 37.7 Å². The molecule has 6 nitrogen and oxygen atoms in total. The largest absolute Gasteiger partial charge is 0.496 e. The van der Waals surface area contributed by atoms with Gasteiger partial charge in [0.15, 0.2) is 0 Å². The van der Waals surface area contributed by atoms with Crippen LogP contribution in [0.15, 0.2) is 12.1 Å². The van der Waals surface area contributed by atoms with Crippen LogP contribution in [-0.4, -0.2) is 62.0 Å². The summed E-state index contributed by atoms with van der Waals surface area (Å²) in [7, 11) is 3.18. The highest BCUT2D eigenvalue weighted by molar-refractivity contribution is 5.97. The maximum atomic E-state index is 13.1. The minimum Gasteiger partial charge on any atom is -0.496 e. The number of hydrogen-bond acceptors (Lipinski definition) is 4. The lowest BCUT2D eigenvalue weighted by Crippen LogP contribution is -2.39. The summed E-state index contributed by atoms with van der Waals surface area (Å²) in [6.07, 6.45) is 5.15. The molecule has 1 aliphatic heterocycles. The van der Waals surface area contributed by atoms with Crippen LogP contribution >= 0.6 is 0 Å². The fourth-order valence-electron chi connectivity index (χ4n) is 4.27. The zero-order chi connectivity index (χ0) is 19.4. The predicted octanol–water partition coefficient (Wildman–Crippen LogP) is 2.88. The van der Waals surface area contributed by atoms with Crippen molar-refractivity contribution in [2.75, 3.05) is 40.4 Å². The molecule has 1 aromatic carbocycles. The topological polar surface area (TPSA) is 59.1 Å². The Hall–Kier alpha value is -2.24. The highest BCUT2D eigenvalue weighted by Gasteiger charge is 2.30. The molecule has 2 fully saturated rings. The summed E-state index contributed by atoms with van der Waals surface area (Å²) < 4.78 is 10.8. The molecule has 2 aliphatic rings. The number of nitrogens with zero attached hydrogens (tertiary/aromatic N) is 2. The number of hydrogen-bond donors (Lipinski definition) is 0. The van der Waals surface area contributed by atoms with E-state index in [9.17, 15) is 9.59 Å². The van der Waals surface area contributed by atoms with Crippen LogP contribution in [0.2, 0.25) is 0 Å². The van der Waals surface area contributed by atoms with Gasteiger partial charge in [0.2, 0.25) is 5.91 Å². The predicted molar refractivity (Wildman–Crippen MR) is 103 cm³/mol. The lowest BCUT2D eigenvalue weighted by atomic mass is 10.1. The molecule has 0 bridgehead atoms. The fourth-order valence-corrected chi connectivity index (χ4v) is 4.27. The van der Waals surface area contributed by atoms with Gasteiger partial charge in [-0.25, -0.2) is 0 Å². The third-order valence-electron chi connectivity index (χ3n) is 5.81. The zero-order valence-electron chi connectivity index (χ0n) is 16.6. The summed E-state index contributed by atoms with van der Waals surface area (Å²) in [4.78, 5) is 29.6. The molecule has 27 heavy (non-hydrogen) atoms. The van der Waals surface area contributed by atoms with Crippen molar-refractivity contribution < 1.29 is 19.1 Å². The molecule has 1 saturated heterocycles. The number of benzene rings is 1. The first-order chi connectivity index (χ1) is 13.1. The standard InChI is InChI=1S/C21H30N2O4/c1-15-18(26-2)10-9-17(19(15)27-3)21(25)23-12-6-11-22(13-14-23)20(24)16-7-4-5-8-16/h9-10,16H,4-8,11-14H2,1-3H3. The smallest absolute Gasteiger partial charge is 0.257 e. The Morgan fingerprint density at radius 2 is 1.59 bits per heavy atom. The lowest BCUT2D eigenvalue weighted by molar-refractivity contribution is -0.135. The molecular formula is C21H30N2O4. The van der Waals surface area contributed by atoms with E-state index in [0.29, 0.717) is 36.7 Å². The van der Waals surface area contributed by atoms with Crippen LogP contribution in [0.1, 0.15) is 48.0 Å². The van der Waals surface area contributed by atoms with Gasteiger partial charge in [-0.15, -0.1) is 0 Å². The van der Waals surface area contributed by atoms with Crippen molar-refractivity contribution in [3.8, 4) is 11.5 Å². The van der Waals surface area contributed by atoms with Crippen LogP contribution in [0.25, 0.3) is 0 Å². The third kappa shape index (κ3) is 4.04. The van der Waals surface area contributed by atoms with Crippen molar-refractivity contribution in [2.45, 2.75) is 39.0 Å². The van der Waals surface area contributed by atoms with E-state index in [-0.39, 0.29) is 17.7 Å². The normalized spacial score (nSPS) is 18.3. The minimum absolute atomic E-state index is 0.0484. The van der Waals surface area contributed by atoms with E-state index in [1.807, 2.05) is 16.7 Å². The van der Waals surface area contributed by atoms with Crippen molar-refractivity contribution >= 4 is 11.8 Å². The maximum Gasteiger partial charge on any atom is 0.257 e. The molecule has 148 valence electrons. The van der Waals surface area contributed by atoms with E-state index in [1.165, 1.54) is 0 Å². The van der Waals surface area contributed by atoms with Gasteiger partial charge >= 0.3 is 0 Å². The van der Waals surface area contributed by atoms with Crippen molar-refractivity contribution in [3.63, 3.8) is 0 Å². The molecule has 3 rings (SSSR count). The Bertz CT molecular complexity index is 698. The Morgan fingerprint density at radius 3 is 2.26 bits per heavy atom. The van der Waals surface area contributed by atoms with Crippen LogP contribution in [0.5, 0.6) is 11.5 Å². The Balaban J connectivity index is 1.71. The first-order valence-electron chi connectivity index (χ1n) is 9.86. The van der Waals surface area contributed by atoms with Crippen LogP contribution < -0.4 is 9.47 Å². The molecular weight excluding hydrogens is 344 g/mol.